The maximum absolute atomic E-state index is 11.7. The Morgan fingerprint density at radius 1 is 1.29 bits per heavy atom. The third-order valence-corrected chi connectivity index (χ3v) is 4.56. The second-order valence-electron chi connectivity index (χ2n) is 6.99. The van der Waals surface area contributed by atoms with Gasteiger partial charge >= 0.3 is 11.9 Å². The summed E-state index contributed by atoms with van der Waals surface area (Å²) in [6, 6.07) is 7.39. The minimum absolute atomic E-state index is 0.105. The van der Waals surface area contributed by atoms with Gasteiger partial charge in [0.25, 0.3) is 0 Å². The molecule has 2 aromatic heterocycles. The van der Waals surface area contributed by atoms with Crippen molar-refractivity contribution < 1.29 is 19.4 Å². The summed E-state index contributed by atoms with van der Waals surface area (Å²) in [6.07, 6.45) is 3.28. The van der Waals surface area contributed by atoms with E-state index in [9.17, 15) is 14.7 Å². The number of carbonyl (C=O) groups is 2. The molecule has 3 rings (SSSR count). The van der Waals surface area contributed by atoms with Crippen molar-refractivity contribution in [2.75, 3.05) is 14.1 Å². The summed E-state index contributed by atoms with van der Waals surface area (Å²) < 4.78 is 7.47. The number of hydrogen-bond acceptors (Lipinski definition) is 5. The molecule has 2 heterocycles. The fraction of sp³-hybridized carbons (Fsp3) is 0.286. The molecule has 1 aromatic carbocycles. The van der Waals surface area contributed by atoms with E-state index in [1.807, 2.05) is 48.8 Å². The molecule has 0 saturated carbocycles. The Balaban J connectivity index is 2.32. The lowest BCUT2D eigenvalue weighted by Gasteiger charge is -2.13. The summed E-state index contributed by atoms with van der Waals surface area (Å²) in [5.41, 5.74) is 4.07. The Morgan fingerprint density at radius 3 is 2.61 bits per heavy atom. The van der Waals surface area contributed by atoms with Gasteiger partial charge in [0.05, 0.1) is 6.42 Å². The summed E-state index contributed by atoms with van der Waals surface area (Å²) in [7, 11) is 5.80. The lowest BCUT2D eigenvalue weighted by Crippen LogP contribution is -2.15. The standard InChI is InChI=1S/C21H23N3O4/c1-13(25)28-20-9-16-17(10-21(26)27)19(12-23(2)3)24(4)18(16)8-15(20)14-6-5-7-22-11-14/h5-9,11H,10,12H2,1-4H3,(H,26,27). The van der Waals surface area contributed by atoms with Gasteiger partial charge in [-0.25, -0.2) is 0 Å². The first-order valence-corrected chi connectivity index (χ1v) is 8.87. The fourth-order valence-electron chi connectivity index (χ4n) is 3.43. The predicted molar refractivity (Wildman–Crippen MR) is 106 cm³/mol. The summed E-state index contributed by atoms with van der Waals surface area (Å²) in [5.74, 6) is -0.951. The van der Waals surface area contributed by atoms with Gasteiger partial charge in [-0.05, 0) is 37.9 Å². The van der Waals surface area contributed by atoms with Crippen molar-refractivity contribution in [2.24, 2.45) is 7.05 Å². The molecule has 0 saturated heterocycles. The van der Waals surface area contributed by atoms with E-state index in [1.54, 1.807) is 18.5 Å². The van der Waals surface area contributed by atoms with E-state index in [0.717, 1.165) is 33.3 Å². The molecular formula is C21H23N3O4. The molecule has 3 aromatic rings. The van der Waals surface area contributed by atoms with E-state index in [2.05, 4.69) is 4.98 Å². The lowest BCUT2D eigenvalue weighted by molar-refractivity contribution is -0.136. The van der Waals surface area contributed by atoms with Gasteiger partial charge in [0, 0.05) is 60.6 Å². The Bertz CT molecular complexity index is 1040. The molecule has 0 spiro atoms. The fourth-order valence-corrected chi connectivity index (χ4v) is 3.43. The number of carboxylic acids is 1. The van der Waals surface area contributed by atoms with Crippen molar-refractivity contribution in [3.8, 4) is 16.9 Å². The van der Waals surface area contributed by atoms with Crippen LogP contribution in [0, 0.1) is 0 Å². The van der Waals surface area contributed by atoms with Gasteiger partial charge in [-0.3, -0.25) is 14.6 Å². The number of nitrogens with zero attached hydrogens (tertiary/aromatic N) is 3. The number of pyridine rings is 1. The number of esters is 1. The summed E-state index contributed by atoms with van der Waals surface area (Å²) in [6.45, 7) is 1.94. The van der Waals surface area contributed by atoms with Crippen LogP contribution >= 0.6 is 0 Å². The maximum atomic E-state index is 11.7. The van der Waals surface area contributed by atoms with Crippen LogP contribution in [0.2, 0.25) is 0 Å². The number of carboxylic acid groups (broad SMARTS) is 1. The number of ether oxygens (including phenoxy) is 1. The Kier molecular flexibility index (Phi) is 5.46. The van der Waals surface area contributed by atoms with Gasteiger partial charge in [-0.2, -0.15) is 0 Å². The molecule has 0 radical (unpaired) electrons. The normalized spacial score (nSPS) is 11.2. The van der Waals surface area contributed by atoms with Gasteiger partial charge in [0.2, 0.25) is 0 Å². The van der Waals surface area contributed by atoms with Gasteiger partial charge in [-0.1, -0.05) is 6.07 Å². The van der Waals surface area contributed by atoms with E-state index >= 15 is 0 Å². The van der Waals surface area contributed by atoms with Crippen molar-refractivity contribution in [3.05, 3.63) is 47.9 Å². The van der Waals surface area contributed by atoms with Crippen LogP contribution in [0.5, 0.6) is 5.75 Å². The van der Waals surface area contributed by atoms with Crippen LogP contribution in [0.15, 0.2) is 36.7 Å². The SMILES string of the molecule is CC(=O)Oc1cc2c(CC(=O)O)c(CN(C)C)n(C)c2cc1-c1cccnc1. The largest absolute Gasteiger partial charge is 0.481 e. The van der Waals surface area contributed by atoms with Gasteiger partial charge in [0.15, 0.2) is 0 Å². The summed E-state index contributed by atoms with van der Waals surface area (Å²) in [4.78, 5) is 29.3. The monoisotopic (exact) mass is 381 g/mol. The molecule has 0 aliphatic heterocycles. The first-order valence-electron chi connectivity index (χ1n) is 8.87. The third-order valence-electron chi connectivity index (χ3n) is 4.56. The van der Waals surface area contributed by atoms with Crippen molar-refractivity contribution in [1.82, 2.24) is 14.5 Å². The zero-order valence-corrected chi connectivity index (χ0v) is 16.4. The second kappa shape index (κ2) is 7.82. The molecule has 7 heteroatoms. The highest BCUT2D eigenvalue weighted by atomic mass is 16.5. The number of aromatic nitrogens is 2. The average Bonchev–Trinajstić information content (AvgIpc) is 2.85. The van der Waals surface area contributed by atoms with Gasteiger partial charge < -0.3 is 19.3 Å². The molecule has 0 bridgehead atoms. The zero-order chi connectivity index (χ0) is 20.4. The highest BCUT2D eigenvalue weighted by Gasteiger charge is 2.21. The smallest absolute Gasteiger partial charge is 0.308 e. The van der Waals surface area contributed by atoms with Crippen molar-refractivity contribution in [1.29, 1.82) is 0 Å². The second-order valence-corrected chi connectivity index (χ2v) is 6.99. The van der Waals surface area contributed by atoms with E-state index in [0.29, 0.717) is 12.3 Å². The first-order chi connectivity index (χ1) is 13.3. The molecule has 1 N–H and O–H groups in total. The van der Waals surface area contributed by atoms with Crippen LogP contribution in [0.3, 0.4) is 0 Å². The molecule has 0 aliphatic rings. The maximum Gasteiger partial charge on any atom is 0.308 e. The average molecular weight is 381 g/mol. The van der Waals surface area contributed by atoms with E-state index in [4.69, 9.17) is 4.74 Å². The number of aryl methyl sites for hydroxylation is 1. The number of hydrogen-bond donors (Lipinski definition) is 1. The molecule has 146 valence electrons. The van der Waals surface area contributed by atoms with Crippen molar-refractivity contribution >= 4 is 22.8 Å². The topological polar surface area (TPSA) is 84.7 Å². The Hall–Kier alpha value is -3.19. The van der Waals surface area contributed by atoms with Gasteiger partial charge in [0.1, 0.15) is 5.75 Å². The third kappa shape index (κ3) is 3.89. The molecule has 28 heavy (non-hydrogen) atoms. The van der Waals surface area contributed by atoms with Crippen LogP contribution in [-0.2, 0) is 29.6 Å². The molecular weight excluding hydrogens is 358 g/mol. The highest BCUT2D eigenvalue weighted by molar-refractivity contribution is 5.95. The van der Waals surface area contributed by atoms with Gasteiger partial charge in [-0.15, -0.1) is 0 Å². The molecule has 0 amide bonds. The minimum atomic E-state index is -0.905. The van der Waals surface area contributed by atoms with Crippen LogP contribution in [0.25, 0.3) is 22.0 Å². The summed E-state index contributed by atoms with van der Waals surface area (Å²) in [5, 5.41) is 10.2. The molecule has 0 atom stereocenters. The molecule has 0 fully saturated rings. The molecule has 7 nitrogen and oxygen atoms in total. The summed E-state index contributed by atoms with van der Waals surface area (Å²) >= 11 is 0. The van der Waals surface area contributed by atoms with Crippen molar-refractivity contribution in [3.63, 3.8) is 0 Å². The van der Waals surface area contributed by atoms with Crippen LogP contribution in [-0.4, -0.2) is 45.6 Å². The predicted octanol–water partition coefficient (Wildman–Crippen LogP) is 2.85. The number of benzene rings is 1. The van der Waals surface area contributed by atoms with E-state index < -0.39 is 11.9 Å². The van der Waals surface area contributed by atoms with E-state index in [-0.39, 0.29) is 6.42 Å². The van der Waals surface area contributed by atoms with Crippen LogP contribution < -0.4 is 4.74 Å². The van der Waals surface area contributed by atoms with Crippen LogP contribution in [0.1, 0.15) is 18.2 Å². The quantitative estimate of drug-likeness (QED) is 0.522. The van der Waals surface area contributed by atoms with Crippen molar-refractivity contribution in [2.45, 2.75) is 19.9 Å². The first kappa shape index (κ1) is 19.6. The number of fused-ring (bicyclic) bond motifs is 1. The Morgan fingerprint density at radius 2 is 2.04 bits per heavy atom. The Labute approximate surface area is 163 Å². The van der Waals surface area contributed by atoms with Crippen LogP contribution in [0.4, 0.5) is 0 Å². The lowest BCUT2D eigenvalue weighted by atomic mass is 10.0. The number of rotatable bonds is 6. The molecule has 0 aliphatic carbocycles. The van der Waals surface area contributed by atoms with E-state index in [1.165, 1.54) is 6.92 Å². The number of carbonyl (C=O) groups excluding carboxylic acids is 1. The molecule has 0 unspecified atom stereocenters. The minimum Gasteiger partial charge on any atom is -0.481 e. The highest BCUT2D eigenvalue weighted by Crippen LogP contribution is 2.37. The zero-order valence-electron chi connectivity index (χ0n) is 16.4. The number of aliphatic carboxylic acids is 1.